The van der Waals surface area contributed by atoms with E-state index in [2.05, 4.69) is 5.32 Å². The summed E-state index contributed by atoms with van der Waals surface area (Å²) in [6.45, 7) is 3.83. The van der Waals surface area contributed by atoms with Crippen LogP contribution in [0.25, 0.3) is 0 Å². The lowest BCUT2D eigenvalue weighted by Gasteiger charge is -2.14. The van der Waals surface area contributed by atoms with E-state index < -0.39 is 0 Å². The van der Waals surface area contributed by atoms with Crippen LogP contribution >= 0.6 is 0 Å². The van der Waals surface area contributed by atoms with Gasteiger partial charge >= 0.3 is 0 Å². The van der Waals surface area contributed by atoms with Crippen molar-refractivity contribution in [3.8, 4) is 0 Å². The van der Waals surface area contributed by atoms with Gasteiger partial charge in [-0.05, 0) is 19.3 Å². The molecule has 1 rings (SSSR count). The molecule has 13 heavy (non-hydrogen) atoms. The molecular weight excluding hydrogens is 166 g/mol. The van der Waals surface area contributed by atoms with E-state index in [1.54, 1.807) is 7.11 Å². The largest absolute Gasteiger partial charge is 0.381 e. The highest BCUT2D eigenvalue weighted by Gasteiger charge is 2.25. The van der Waals surface area contributed by atoms with Gasteiger partial charge in [0.2, 0.25) is 5.91 Å². The lowest BCUT2D eigenvalue weighted by molar-refractivity contribution is -0.124. The van der Waals surface area contributed by atoms with Gasteiger partial charge in [0, 0.05) is 19.1 Å². The molecule has 0 aromatic carbocycles. The fraction of sp³-hybridized carbons (Fsp3) is 0.900. The first-order valence-electron chi connectivity index (χ1n) is 4.96. The van der Waals surface area contributed by atoms with Crippen molar-refractivity contribution >= 4 is 5.91 Å². The molecule has 3 heteroatoms. The van der Waals surface area contributed by atoms with Crippen molar-refractivity contribution < 1.29 is 9.53 Å². The van der Waals surface area contributed by atoms with Crippen LogP contribution in [0, 0.1) is 5.92 Å². The minimum absolute atomic E-state index is 0.0848. The van der Waals surface area contributed by atoms with Crippen molar-refractivity contribution in [3.63, 3.8) is 0 Å². The van der Waals surface area contributed by atoms with Gasteiger partial charge in [0.1, 0.15) is 0 Å². The third-order valence-electron chi connectivity index (χ3n) is 2.59. The van der Waals surface area contributed by atoms with Crippen LogP contribution in [0.15, 0.2) is 0 Å². The van der Waals surface area contributed by atoms with E-state index in [9.17, 15) is 4.79 Å². The Bertz CT molecular complexity index is 180. The average Bonchev–Trinajstić information content (AvgIpc) is 2.52. The Labute approximate surface area is 79.8 Å². The van der Waals surface area contributed by atoms with Gasteiger partial charge in [-0.3, -0.25) is 4.79 Å². The van der Waals surface area contributed by atoms with E-state index in [-0.39, 0.29) is 11.8 Å². The summed E-state index contributed by atoms with van der Waals surface area (Å²) in [5.41, 5.74) is 0. The Morgan fingerprint density at radius 1 is 1.46 bits per heavy atom. The number of hydrogen-bond acceptors (Lipinski definition) is 2. The van der Waals surface area contributed by atoms with Crippen LogP contribution < -0.4 is 5.32 Å². The van der Waals surface area contributed by atoms with Crippen molar-refractivity contribution in [2.24, 2.45) is 5.92 Å². The van der Waals surface area contributed by atoms with Crippen LogP contribution in [0.1, 0.15) is 33.1 Å². The van der Waals surface area contributed by atoms with Crippen LogP contribution in [-0.4, -0.2) is 25.2 Å². The van der Waals surface area contributed by atoms with Crippen molar-refractivity contribution in [2.75, 3.05) is 7.11 Å². The first-order chi connectivity index (χ1) is 6.13. The predicted molar refractivity (Wildman–Crippen MR) is 51.4 cm³/mol. The molecule has 1 fully saturated rings. The molecule has 0 spiro atoms. The Morgan fingerprint density at radius 2 is 2.15 bits per heavy atom. The summed E-state index contributed by atoms with van der Waals surface area (Å²) < 4.78 is 5.23. The van der Waals surface area contributed by atoms with Gasteiger partial charge in [-0.25, -0.2) is 0 Å². The van der Waals surface area contributed by atoms with Crippen LogP contribution in [0.4, 0.5) is 0 Å². The lowest BCUT2D eigenvalue weighted by Crippen LogP contribution is -2.36. The molecule has 1 aliphatic rings. The maximum atomic E-state index is 11.3. The van der Waals surface area contributed by atoms with Gasteiger partial charge < -0.3 is 10.1 Å². The second-order valence-electron chi connectivity index (χ2n) is 4.03. The SMILES string of the molecule is CO[C@@H]1CC[C@@H](NC(=O)C(C)C)C1. The topological polar surface area (TPSA) is 38.3 Å². The maximum Gasteiger partial charge on any atom is 0.222 e. The van der Waals surface area contributed by atoms with Crippen molar-refractivity contribution in [2.45, 2.75) is 45.3 Å². The third kappa shape index (κ3) is 2.99. The Morgan fingerprint density at radius 3 is 2.62 bits per heavy atom. The molecule has 0 bridgehead atoms. The van der Waals surface area contributed by atoms with Crippen LogP contribution in [0.3, 0.4) is 0 Å². The molecular formula is C10H19NO2. The summed E-state index contributed by atoms with van der Waals surface area (Å²) in [5, 5.41) is 3.02. The van der Waals surface area contributed by atoms with Crippen molar-refractivity contribution in [3.05, 3.63) is 0 Å². The van der Waals surface area contributed by atoms with E-state index in [4.69, 9.17) is 4.74 Å². The molecule has 0 unspecified atom stereocenters. The van der Waals surface area contributed by atoms with Gasteiger partial charge in [0.25, 0.3) is 0 Å². The molecule has 76 valence electrons. The molecule has 1 N–H and O–H groups in total. The molecule has 0 radical (unpaired) electrons. The molecule has 0 heterocycles. The summed E-state index contributed by atoms with van der Waals surface area (Å²) >= 11 is 0. The van der Waals surface area contributed by atoms with Gasteiger partial charge in [-0.2, -0.15) is 0 Å². The molecule has 1 amide bonds. The standard InChI is InChI=1S/C10H19NO2/c1-7(2)10(12)11-8-4-5-9(6-8)13-3/h7-9H,4-6H2,1-3H3,(H,11,12)/t8-,9-/m1/s1. The number of nitrogens with one attached hydrogen (secondary N) is 1. The van der Waals surface area contributed by atoms with E-state index >= 15 is 0 Å². The minimum Gasteiger partial charge on any atom is -0.381 e. The van der Waals surface area contributed by atoms with Gasteiger partial charge in [-0.15, -0.1) is 0 Å². The molecule has 0 aliphatic heterocycles. The Kier molecular flexibility index (Phi) is 3.72. The third-order valence-corrected chi connectivity index (χ3v) is 2.59. The average molecular weight is 185 g/mol. The summed E-state index contributed by atoms with van der Waals surface area (Å²) in [4.78, 5) is 11.3. The van der Waals surface area contributed by atoms with Gasteiger partial charge in [-0.1, -0.05) is 13.8 Å². The highest BCUT2D eigenvalue weighted by molar-refractivity contribution is 5.78. The summed E-state index contributed by atoms with van der Waals surface area (Å²) in [6, 6.07) is 0.333. The van der Waals surface area contributed by atoms with Crippen LogP contribution in [0.2, 0.25) is 0 Å². The number of ether oxygens (including phenoxy) is 1. The Balaban J connectivity index is 2.28. The quantitative estimate of drug-likeness (QED) is 0.720. The number of rotatable bonds is 3. The maximum absolute atomic E-state index is 11.3. The molecule has 2 atom stereocenters. The number of hydrogen-bond donors (Lipinski definition) is 1. The summed E-state index contributed by atoms with van der Waals surface area (Å²) in [6.07, 6.45) is 3.43. The molecule has 0 saturated heterocycles. The molecule has 0 aromatic heterocycles. The van der Waals surface area contributed by atoms with E-state index in [0.717, 1.165) is 19.3 Å². The smallest absolute Gasteiger partial charge is 0.222 e. The second kappa shape index (κ2) is 4.61. The van der Waals surface area contributed by atoms with E-state index in [1.165, 1.54) is 0 Å². The van der Waals surface area contributed by atoms with Crippen molar-refractivity contribution in [1.29, 1.82) is 0 Å². The molecule has 3 nitrogen and oxygen atoms in total. The summed E-state index contributed by atoms with van der Waals surface area (Å²) in [5.74, 6) is 0.239. The zero-order valence-electron chi connectivity index (χ0n) is 8.67. The number of methoxy groups -OCH3 is 1. The highest BCUT2D eigenvalue weighted by Crippen LogP contribution is 2.21. The predicted octanol–water partition coefficient (Wildman–Crippen LogP) is 1.33. The second-order valence-corrected chi connectivity index (χ2v) is 4.03. The van der Waals surface area contributed by atoms with Gasteiger partial charge in [0.05, 0.1) is 6.10 Å². The highest BCUT2D eigenvalue weighted by atomic mass is 16.5. The van der Waals surface area contributed by atoms with E-state index in [0.29, 0.717) is 12.1 Å². The zero-order valence-corrected chi connectivity index (χ0v) is 8.67. The monoisotopic (exact) mass is 185 g/mol. The first-order valence-corrected chi connectivity index (χ1v) is 4.96. The minimum atomic E-state index is 0.0848. The van der Waals surface area contributed by atoms with Gasteiger partial charge in [0.15, 0.2) is 0 Å². The lowest BCUT2D eigenvalue weighted by atomic mass is 10.1. The number of amides is 1. The van der Waals surface area contributed by atoms with Crippen LogP contribution in [-0.2, 0) is 9.53 Å². The fourth-order valence-corrected chi connectivity index (χ4v) is 1.65. The fourth-order valence-electron chi connectivity index (χ4n) is 1.65. The molecule has 1 aliphatic carbocycles. The zero-order chi connectivity index (χ0) is 9.84. The first kappa shape index (κ1) is 10.5. The number of carbonyl (C=O) groups excluding carboxylic acids is 1. The molecule has 0 aromatic rings. The van der Waals surface area contributed by atoms with Crippen LogP contribution in [0.5, 0.6) is 0 Å². The normalized spacial score (nSPS) is 28.0. The number of carbonyl (C=O) groups is 1. The molecule has 1 saturated carbocycles. The Hall–Kier alpha value is -0.570. The van der Waals surface area contributed by atoms with Crippen molar-refractivity contribution in [1.82, 2.24) is 5.32 Å². The van der Waals surface area contributed by atoms with E-state index in [1.807, 2.05) is 13.8 Å². The summed E-state index contributed by atoms with van der Waals surface area (Å²) in [7, 11) is 1.73.